The Labute approximate surface area is 140 Å². The largest absolute Gasteiger partial charge is 0.381 e. The molecule has 2 N–H and O–H groups in total. The van der Waals surface area contributed by atoms with Gasteiger partial charge in [-0.2, -0.15) is 5.10 Å². The second-order valence-corrected chi connectivity index (χ2v) is 7.46. The third-order valence-corrected chi connectivity index (χ3v) is 3.95. The summed E-state index contributed by atoms with van der Waals surface area (Å²) in [6.45, 7) is 12.8. The average Bonchev–Trinajstić information content (AvgIpc) is 2.96. The van der Waals surface area contributed by atoms with Gasteiger partial charge in [-0.1, -0.05) is 32.0 Å². The molecule has 0 aliphatic carbocycles. The van der Waals surface area contributed by atoms with Crippen LogP contribution in [0.15, 0.2) is 42.7 Å². The molecular weight excluding hydrogens is 284 g/mol. The van der Waals surface area contributed by atoms with Crippen LogP contribution in [0.5, 0.6) is 0 Å². The summed E-state index contributed by atoms with van der Waals surface area (Å²) in [6.07, 6.45) is 4.08. The van der Waals surface area contributed by atoms with Gasteiger partial charge in [-0.05, 0) is 38.8 Å². The smallest absolute Gasteiger partial charge is 0.0543 e. The first kappa shape index (κ1) is 17.5. The van der Waals surface area contributed by atoms with Crippen molar-refractivity contribution in [3.63, 3.8) is 0 Å². The summed E-state index contributed by atoms with van der Waals surface area (Å²) in [4.78, 5) is 0. The van der Waals surface area contributed by atoms with Crippen molar-refractivity contribution >= 4 is 5.69 Å². The number of anilines is 1. The van der Waals surface area contributed by atoms with Crippen molar-refractivity contribution in [1.29, 1.82) is 0 Å². The Hall–Kier alpha value is -1.81. The molecule has 126 valence electrons. The number of rotatable bonds is 7. The average molecular weight is 314 g/mol. The second kappa shape index (κ2) is 7.64. The zero-order chi connectivity index (χ0) is 16.9. The van der Waals surface area contributed by atoms with Crippen molar-refractivity contribution in [3.8, 4) is 0 Å². The lowest BCUT2D eigenvalue weighted by Crippen LogP contribution is -2.36. The number of benzene rings is 1. The summed E-state index contributed by atoms with van der Waals surface area (Å²) in [6, 6.07) is 10.8. The predicted octanol–water partition coefficient (Wildman–Crippen LogP) is 3.86. The van der Waals surface area contributed by atoms with Gasteiger partial charge >= 0.3 is 0 Å². The Morgan fingerprint density at radius 1 is 1.13 bits per heavy atom. The molecule has 0 aliphatic rings. The maximum atomic E-state index is 4.45. The lowest BCUT2D eigenvalue weighted by Gasteiger charge is -2.24. The van der Waals surface area contributed by atoms with Gasteiger partial charge in [0.2, 0.25) is 0 Å². The third kappa shape index (κ3) is 5.39. The second-order valence-electron chi connectivity index (χ2n) is 7.46. The lowest BCUT2D eigenvalue weighted by atomic mass is 10.0. The van der Waals surface area contributed by atoms with Crippen molar-refractivity contribution in [2.45, 2.75) is 52.7 Å². The van der Waals surface area contributed by atoms with E-state index in [0.29, 0.717) is 12.0 Å². The van der Waals surface area contributed by atoms with E-state index in [1.807, 2.05) is 16.9 Å². The molecule has 0 unspecified atom stereocenters. The van der Waals surface area contributed by atoms with Crippen LogP contribution < -0.4 is 10.6 Å². The van der Waals surface area contributed by atoms with Gasteiger partial charge in [0.05, 0.1) is 11.7 Å². The van der Waals surface area contributed by atoms with Gasteiger partial charge in [0.15, 0.2) is 0 Å². The number of aromatic nitrogens is 2. The van der Waals surface area contributed by atoms with Crippen molar-refractivity contribution in [2.24, 2.45) is 5.92 Å². The molecule has 0 fully saturated rings. The molecule has 0 saturated carbocycles. The maximum absolute atomic E-state index is 4.45. The summed E-state index contributed by atoms with van der Waals surface area (Å²) in [7, 11) is 0. The third-order valence-electron chi connectivity index (χ3n) is 3.95. The highest BCUT2D eigenvalue weighted by Gasteiger charge is 2.15. The van der Waals surface area contributed by atoms with E-state index < -0.39 is 0 Å². The Morgan fingerprint density at radius 3 is 2.39 bits per heavy atom. The maximum Gasteiger partial charge on any atom is 0.0543 e. The highest BCUT2D eigenvalue weighted by atomic mass is 15.3. The highest BCUT2D eigenvalue weighted by molar-refractivity contribution is 5.43. The summed E-state index contributed by atoms with van der Waals surface area (Å²) in [5, 5.41) is 11.6. The fraction of sp³-hybridized carbons (Fsp3) is 0.526. The Morgan fingerprint density at radius 2 is 1.83 bits per heavy atom. The summed E-state index contributed by atoms with van der Waals surface area (Å²) in [5.41, 5.74) is 2.43. The molecule has 2 rings (SSSR count). The van der Waals surface area contributed by atoms with Crippen LogP contribution >= 0.6 is 0 Å². The van der Waals surface area contributed by atoms with Crippen molar-refractivity contribution in [3.05, 3.63) is 48.3 Å². The van der Waals surface area contributed by atoms with Crippen LogP contribution in [-0.2, 0) is 12.1 Å². The van der Waals surface area contributed by atoms with E-state index in [4.69, 9.17) is 0 Å². The van der Waals surface area contributed by atoms with Crippen molar-refractivity contribution in [1.82, 2.24) is 15.1 Å². The molecule has 23 heavy (non-hydrogen) atoms. The molecule has 1 aromatic carbocycles. The molecule has 0 spiro atoms. The molecule has 0 aliphatic heterocycles. The summed E-state index contributed by atoms with van der Waals surface area (Å²) >= 11 is 0. The quantitative estimate of drug-likeness (QED) is 0.815. The molecule has 1 atom stereocenters. The normalized spacial score (nSPS) is 13.3. The molecule has 1 aromatic heterocycles. The minimum atomic E-state index is 0.0353. The van der Waals surface area contributed by atoms with E-state index in [-0.39, 0.29) is 5.54 Å². The van der Waals surface area contributed by atoms with Crippen LogP contribution in [0.1, 0.15) is 40.2 Å². The topological polar surface area (TPSA) is 41.9 Å². The first-order valence-electron chi connectivity index (χ1n) is 8.42. The fourth-order valence-electron chi connectivity index (χ4n) is 2.39. The summed E-state index contributed by atoms with van der Waals surface area (Å²) in [5.74, 6) is 0.556. The zero-order valence-electron chi connectivity index (χ0n) is 15.0. The van der Waals surface area contributed by atoms with E-state index in [2.05, 4.69) is 80.8 Å². The van der Waals surface area contributed by atoms with Crippen LogP contribution in [0.3, 0.4) is 0 Å². The Balaban J connectivity index is 1.86. The standard InChI is InChI=1S/C19H30N4/c1-15(2)18(22-17-9-7-6-8-10-17)13-20-11-16-12-21-23(14-16)19(3,4)5/h6-10,12,14-15,18,20,22H,11,13H2,1-5H3/t18-/m0/s1. The number of nitrogens with one attached hydrogen (secondary N) is 2. The number of nitrogens with zero attached hydrogens (tertiary/aromatic N) is 2. The van der Waals surface area contributed by atoms with Gasteiger partial charge < -0.3 is 10.6 Å². The monoisotopic (exact) mass is 314 g/mol. The number of para-hydroxylation sites is 1. The van der Waals surface area contributed by atoms with E-state index in [0.717, 1.165) is 13.1 Å². The molecule has 0 amide bonds. The van der Waals surface area contributed by atoms with Crippen LogP contribution in [0.2, 0.25) is 0 Å². The van der Waals surface area contributed by atoms with Gasteiger partial charge in [0.25, 0.3) is 0 Å². The van der Waals surface area contributed by atoms with E-state index in [9.17, 15) is 0 Å². The molecule has 0 saturated heterocycles. The van der Waals surface area contributed by atoms with Gasteiger partial charge in [-0.15, -0.1) is 0 Å². The predicted molar refractivity (Wildman–Crippen MR) is 97.6 cm³/mol. The van der Waals surface area contributed by atoms with Gasteiger partial charge in [-0.25, -0.2) is 0 Å². The van der Waals surface area contributed by atoms with Crippen LogP contribution in [-0.4, -0.2) is 22.4 Å². The van der Waals surface area contributed by atoms with Crippen LogP contribution in [0.25, 0.3) is 0 Å². The molecular formula is C19H30N4. The Bertz CT molecular complexity index is 581. The molecule has 1 heterocycles. The highest BCUT2D eigenvalue weighted by Crippen LogP contribution is 2.14. The molecule has 0 radical (unpaired) electrons. The molecule has 4 heteroatoms. The lowest BCUT2D eigenvalue weighted by molar-refractivity contribution is 0.355. The van der Waals surface area contributed by atoms with Crippen LogP contribution in [0, 0.1) is 5.92 Å². The minimum absolute atomic E-state index is 0.0353. The molecule has 2 aromatic rings. The fourth-order valence-corrected chi connectivity index (χ4v) is 2.39. The number of hydrogen-bond donors (Lipinski definition) is 2. The van der Waals surface area contributed by atoms with Crippen LogP contribution in [0.4, 0.5) is 5.69 Å². The molecule has 0 bridgehead atoms. The van der Waals surface area contributed by atoms with Crippen molar-refractivity contribution in [2.75, 3.05) is 11.9 Å². The van der Waals surface area contributed by atoms with E-state index in [1.165, 1.54) is 11.3 Å². The zero-order valence-corrected chi connectivity index (χ0v) is 15.0. The van der Waals surface area contributed by atoms with E-state index >= 15 is 0 Å². The Kier molecular flexibility index (Phi) is 5.83. The SMILES string of the molecule is CC(C)[C@H](CNCc1cnn(C(C)(C)C)c1)Nc1ccccc1. The minimum Gasteiger partial charge on any atom is -0.381 e. The van der Waals surface area contributed by atoms with Gasteiger partial charge in [0, 0.05) is 36.6 Å². The van der Waals surface area contributed by atoms with Gasteiger partial charge in [0.1, 0.15) is 0 Å². The van der Waals surface area contributed by atoms with Crippen molar-refractivity contribution < 1.29 is 0 Å². The number of hydrogen-bond acceptors (Lipinski definition) is 3. The molecule has 4 nitrogen and oxygen atoms in total. The summed E-state index contributed by atoms with van der Waals surface area (Å²) < 4.78 is 2.02. The van der Waals surface area contributed by atoms with Gasteiger partial charge in [-0.3, -0.25) is 4.68 Å². The first-order chi connectivity index (χ1) is 10.9. The van der Waals surface area contributed by atoms with E-state index in [1.54, 1.807) is 0 Å². The first-order valence-corrected chi connectivity index (χ1v) is 8.42.